The summed E-state index contributed by atoms with van der Waals surface area (Å²) in [5.41, 5.74) is 0.647. The normalized spacial score (nSPS) is 11.8. The Bertz CT molecular complexity index is 681. The van der Waals surface area contributed by atoms with Crippen molar-refractivity contribution in [3.63, 3.8) is 0 Å². The highest BCUT2D eigenvalue weighted by Gasteiger charge is 2.10. The molecule has 0 heterocycles. The van der Waals surface area contributed by atoms with Crippen LogP contribution in [0.5, 0.6) is 0 Å². The molecule has 0 aromatic heterocycles. The minimum absolute atomic E-state index is 0.0263. The van der Waals surface area contributed by atoms with E-state index in [1.54, 1.807) is 18.2 Å². The van der Waals surface area contributed by atoms with Crippen molar-refractivity contribution in [2.45, 2.75) is 10.6 Å². The van der Waals surface area contributed by atoms with Crippen molar-refractivity contribution in [3.05, 3.63) is 63.9 Å². The molecule has 0 radical (unpaired) electrons. The summed E-state index contributed by atoms with van der Waals surface area (Å²) < 4.78 is 26.2. The second-order valence-electron chi connectivity index (χ2n) is 3.85. The van der Waals surface area contributed by atoms with Crippen LogP contribution in [0.4, 0.5) is 4.39 Å². The van der Waals surface area contributed by atoms with Gasteiger partial charge in [0, 0.05) is 4.47 Å². The van der Waals surface area contributed by atoms with Crippen LogP contribution >= 0.6 is 15.9 Å². The van der Waals surface area contributed by atoms with Crippen LogP contribution in [0, 0.1) is 17.1 Å². The van der Waals surface area contributed by atoms with E-state index in [0.29, 0.717) is 10.5 Å². The van der Waals surface area contributed by atoms with E-state index in [9.17, 15) is 8.60 Å². The predicted octanol–water partition coefficient (Wildman–Crippen LogP) is 3.77. The Morgan fingerprint density at radius 2 is 2.00 bits per heavy atom. The van der Waals surface area contributed by atoms with Crippen LogP contribution in [0.1, 0.15) is 11.1 Å². The average Bonchev–Trinajstić information content (AvgIpc) is 2.41. The molecule has 2 rings (SSSR count). The smallest absolute Gasteiger partial charge is 0.140 e. The van der Waals surface area contributed by atoms with Crippen LogP contribution in [-0.2, 0) is 16.6 Å². The molecule has 0 aliphatic heterocycles. The van der Waals surface area contributed by atoms with Gasteiger partial charge in [0.15, 0.2) is 0 Å². The zero-order chi connectivity index (χ0) is 13.8. The maximum atomic E-state index is 13.2. The largest absolute Gasteiger partial charge is 0.254 e. The van der Waals surface area contributed by atoms with Crippen molar-refractivity contribution in [3.8, 4) is 6.07 Å². The van der Waals surface area contributed by atoms with E-state index in [0.717, 1.165) is 4.47 Å². The van der Waals surface area contributed by atoms with E-state index in [1.165, 1.54) is 12.1 Å². The van der Waals surface area contributed by atoms with Crippen molar-refractivity contribution >= 4 is 26.7 Å². The van der Waals surface area contributed by atoms with Gasteiger partial charge in [0.2, 0.25) is 0 Å². The lowest BCUT2D eigenvalue weighted by Crippen LogP contribution is -1.98. The minimum atomic E-state index is -1.24. The highest BCUT2D eigenvalue weighted by Crippen LogP contribution is 2.22. The van der Waals surface area contributed by atoms with Gasteiger partial charge in [-0.1, -0.05) is 18.2 Å². The van der Waals surface area contributed by atoms with Crippen LogP contribution in [0.25, 0.3) is 0 Å². The summed E-state index contributed by atoms with van der Waals surface area (Å²) in [4.78, 5) is 0.685. The number of benzene rings is 2. The van der Waals surface area contributed by atoms with E-state index in [-0.39, 0.29) is 11.3 Å². The Morgan fingerprint density at radius 1 is 1.26 bits per heavy atom. The van der Waals surface area contributed by atoms with Gasteiger partial charge in [0.25, 0.3) is 0 Å². The fourth-order valence-electron chi connectivity index (χ4n) is 1.61. The quantitative estimate of drug-likeness (QED) is 0.855. The summed E-state index contributed by atoms with van der Waals surface area (Å²) in [6, 6.07) is 13.2. The highest BCUT2D eigenvalue weighted by atomic mass is 79.9. The number of hydrogen-bond acceptors (Lipinski definition) is 2. The lowest BCUT2D eigenvalue weighted by atomic mass is 10.1. The van der Waals surface area contributed by atoms with Gasteiger partial charge in [-0.3, -0.25) is 4.21 Å². The van der Waals surface area contributed by atoms with E-state index < -0.39 is 16.6 Å². The average molecular weight is 338 g/mol. The van der Waals surface area contributed by atoms with Crippen LogP contribution in [0.2, 0.25) is 0 Å². The van der Waals surface area contributed by atoms with E-state index in [2.05, 4.69) is 15.9 Å². The van der Waals surface area contributed by atoms with Crippen molar-refractivity contribution in [2.24, 2.45) is 0 Å². The molecule has 0 aliphatic rings. The third-order valence-corrected chi connectivity index (χ3v) is 4.93. The Kier molecular flexibility index (Phi) is 4.46. The molecule has 5 heteroatoms. The van der Waals surface area contributed by atoms with Gasteiger partial charge in [-0.15, -0.1) is 0 Å². The zero-order valence-electron chi connectivity index (χ0n) is 9.77. The van der Waals surface area contributed by atoms with Crippen molar-refractivity contribution in [1.82, 2.24) is 0 Å². The standard InChI is InChI=1S/C14H9BrFNOS/c15-12-3-1-2-4-14(12)19(18)9-10-5-6-13(16)11(7-10)8-17/h1-7H,9H2. The Hall–Kier alpha value is -1.51. The fourth-order valence-corrected chi connectivity index (χ4v) is 3.59. The molecule has 1 atom stereocenters. The fraction of sp³-hybridized carbons (Fsp3) is 0.0714. The number of nitrogens with zero attached hydrogens (tertiary/aromatic N) is 1. The molecule has 0 fully saturated rings. The summed E-state index contributed by atoms with van der Waals surface area (Å²) >= 11 is 3.34. The van der Waals surface area contributed by atoms with Gasteiger partial charge in [-0.2, -0.15) is 5.26 Å². The van der Waals surface area contributed by atoms with E-state index >= 15 is 0 Å². The Balaban J connectivity index is 2.25. The third-order valence-electron chi connectivity index (χ3n) is 2.53. The van der Waals surface area contributed by atoms with Gasteiger partial charge < -0.3 is 0 Å². The Morgan fingerprint density at radius 3 is 2.68 bits per heavy atom. The van der Waals surface area contributed by atoms with Crippen LogP contribution in [0.15, 0.2) is 51.8 Å². The SMILES string of the molecule is N#Cc1cc(CS(=O)c2ccccc2Br)ccc1F. The Labute approximate surface area is 121 Å². The maximum Gasteiger partial charge on any atom is 0.140 e. The van der Waals surface area contributed by atoms with Crippen LogP contribution < -0.4 is 0 Å². The van der Waals surface area contributed by atoms with Crippen LogP contribution in [-0.4, -0.2) is 4.21 Å². The van der Waals surface area contributed by atoms with Gasteiger partial charge in [0.05, 0.1) is 27.0 Å². The monoisotopic (exact) mass is 337 g/mol. The molecule has 0 aliphatic carbocycles. The molecular weight excluding hydrogens is 329 g/mol. The summed E-state index contributed by atoms with van der Waals surface area (Å²) in [7, 11) is -1.24. The molecular formula is C14H9BrFNOS. The summed E-state index contributed by atoms with van der Waals surface area (Å²) in [6.45, 7) is 0. The molecule has 0 N–H and O–H groups in total. The number of rotatable bonds is 3. The first-order valence-electron chi connectivity index (χ1n) is 5.43. The van der Waals surface area contributed by atoms with Gasteiger partial charge in [-0.25, -0.2) is 4.39 Å². The molecule has 0 saturated carbocycles. The summed E-state index contributed by atoms with van der Waals surface area (Å²) in [5.74, 6) is -0.310. The van der Waals surface area contributed by atoms with Crippen molar-refractivity contribution < 1.29 is 8.60 Å². The number of hydrogen-bond donors (Lipinski definition) is 0. The molecule has 2 aromatic carbocycles. The third kappa shape index (κ3) is 3.28. The molecule has 0 saturated heterocycles. The molecule has 2 aromatic rings. The topological polar surface area (TPSA) is 40.9 Å². The predicted molar refractivity (Wildman–Crippen MR) is 75.4 cm³/mol. The molecule has 19 heavy (non-hydrogen) atoms. The van der Waals surface area contributed by atoms with Gasteiger partial charge >= 0.3 is 0 Å². The van der Waals surface area contributed by atoms with Gasteiger partial charge in [-0.05, 0) is 45.8 Å². The maximum absolute atomic E-state index is 13.2. The first-order chi connectivity index (χ1) is 9.11. The summed E-state index contributed by atoms with van der Waals surface area (Å²) in [6.07, 6.45) is 0. The highest BCUT2D eigenvalue weighted by molar-refractivity contribution is 9.10. The molecule has 0 spiro atoms. The second-order valence-corrected chi connectivity index (χ2v) is 6.12. The van der Waals surface area contributed by atoms with Crippen LogP contribution in [0.3, 0.4) is 0 Å². The van der Waals surface area contributed by atoms with Crippen molar-refractivity contribution in [2.75, 3.05) is 0 Å². The number of nitriles is 1. The summed E-state index contributed by atoms with van der Waals surface area (Å²) in [5, 5.41) is 8.76. The number of halogens is 2. The lowest BCUT2D eigenvalue weighted by molar-refractivity contribution is 0.623. The minimum Gasteiger partial charge on any atom is -0.254 e. The molecule has 0 amide bonds. The molecule has 2 nitrogen and oxygen atoms in total. The first kappa shape index (κ1) is 13.9. The molecule has 96 valence electrons. The lowest BCUT2D eigenvalue weighted by Gasteiger charge is -2.05. The second kappa shape index (κ2) is 6.09. The first-order valence-corrected chi connectivity index (χ1v) is 7.54. The van der Waals surface area contributed by atoms with Crippen molar-refractivity contribution in [1.29, 1.82) is 5.26 Å². The van der Waals surface area contributed by atoms with Gasteiger partial charge in [0.1, 0.15) is 11.9 Å². The van der Waals surface area contributed by atoms with E-state index in [4.69, 9.17) is 5.26 Å². The zero-order valence-corrected chi connectivity index (χ0v) is 12.2. The van der Waals surface area contributed by atoms with E-state index in [1.807, 2.05) is 18.2 Å². The molecule has 0 bridgehead atoms. The molecule has 1 unspecified atom stereocenters.